The van der Waals surface area contributed by atoms with Gasteiger partial charge in [0, 0.05) is 19.3 Å². The fourth-order valence-electron chi connectivity index (χ4n) is 6.64. The molecule has 1 atom stereocenters. The van der Waals surface area contributed by atoms with Gasteiger partial charge in [0.1, 0.15) is 13.2 Å². The first-order chi connectivity index (χ1) is 29.0. The lowest BCUT2D eigenvalue weighted by molar-refractivity contribution is -0.167. The molecular formula is C53H90O6. The SMILES string of the molecule is CC\C=C/C=C\C=C/C=C\C=C/CCCCCC(=O)OC(COC(=O)CCC/C=C\CCCCCC)COC(=O)CCCCCCCCCCCCCCCCCCC. The molecule has 0 aliphatic heterocycles. The van der Waals surface area contributed by atoms with Gasteiger partial charge in [0.2, 0.25) is 0 Å². The van der Waals surface area contributed by atoms with Gasteiger partial charge in [-0.15, -0.1) is 0 Å². The van der Waals surface area contributed by atoms with Crippen LogP contribution in [0.3, 0.4) is 0 Å². The van der Waals surface area contributed by atoms with E-state index in [1.54, 1.807) is 0 Å². The van der Waals surface area contributed by atoms with Crippen LogP contribution in [-0.4, -0.2) is 37.2 Å². The van der Waals surface area contributed by atoms with E-state index in [4.69, 9.17) is 14.2 Å². The Morgan fingerprint density at radius 2 is 0.695 bits per heavy atom. The Hall–Kier alpha value is -3.15. The zero-order valence-electron chi connectivity index (χ0n) is 38.5. The number of hydrogen-bond donors (Lipinski definition) is 0. The minimum atomic E-state index is -0.805. The van der Waals surface area contributed by atoms with E-state index >= 15 is 0 Å². The molecule has 0 amide bonds. The molecule has 0 aromatic carbocycles. The van der Waals surface area contributed by atoms with E-state index in [0.29, 0.717) is 25.7 Å². The Kier molecular flexibility index (Phi) is 45.0. The van der Waals surface area contributed by atoms with Crippen LogP contribution >= 0.6 is 0 Å². The van der Waals surface area contributed by atoms with Gasteiger partial charge >= 0.3 is 17.9 Å². The lowest BCUT2D eigenvalue weighted by Crippen LogP contribution is -2.30. The Balaban J connectivity index is 4.41. The largest absolute Gasteiger partial charge is 0.462 e. The average Bonchev–Trinajstić information content (AvgIpc) is 3.23. The molecule has 0 heterocycles. The van der Waals surface area contributed by atoms with E-state index in [0.717, 1.165) is 57.8 Å². The second-order valence-electron chi connectivity index (χ2n) is 16.1. The number of carbonyl (C=O) groups is 3. The van der Waals surface area contributed by atoms with Crippen LogP contribution in [0.4, 0.5) is 0 Å². The Morgan fingerprint density at radius 3 is 1.17 bits per heavy atom. The number of carbonyl (C=O) groups excluding carboxylic acids is 3. The van der Waals surface area contributed by atoms with Crippen molar-refractivity contribution in [3.05, 3.63) is 72.9 Å². The van der Waals surface area contributed by atoms with Crippen molar-refractivity contribution >= 4 is 17.9 Å². The first kappa shape index (κ1) is 55.9. The van der Waals surface area contributed by atoms with Gasteiger partial charge in [0.05, 0.1) is 0 Å². The van der Waals surface area contributed by atoms with Crippen molar-refractivity contribution in [2.45, 2.75) is 232 Å². The smallest absolute Gasteiger partial charge is 0.306 e. The molecule has 0 aromatic rings. The van der Waals surface area contributed by atoms with E-state index < -0.39 is 6.10 Å². The zero-order chi connectivity index (χ0) is 43.0. The fourth-order valence-corrected chi connectivity index (χ4v) is 6.64. The van der Waals surface area contributed by atoms with Crippen molar-refractivity contribution in [2.24, 2.45) is 0 Å². The topological polar surface area (TPSA) is 78.9 Å². The van der Waals surface area contributed by atoms with Crippen molar-refractivity contribution in [1.29, 1.82) is 0 Å². The Morgan fingerprint density at radius 1 is 0.356 bits per heavy atom. The third-order valence-electron chi connectivity index (χ3n) is 10.3. The van der Waals surface area contributed by atoms with Crippen molar-refractivity contribution in [2.75, 3.05) is 13.2 Å². The Bertz CT molecular complexity index is 1130. The quantitative estimate of drug-likeness (QED) is 0.0200. The maximum Gasteiger partial charge on any atom is 0.306 e. The summed E-state index contributed by atoms with van der Waals surface area (Å²) in [5.41, 5.74) is 0. The summed E-state index contributed by atoms with van der Waals surface area (Å²) < 4.78 is 16.7. The maximum absolute atomic E-state index is 12.7. The molecule has 0 N–H and O–H groups in total. The molecule has 6 nitrogen and oxygen atoms in total. The van der Waals surface area contributed by atoms with E-state index in [-0.39, 0.29) is 37.5 Å². The number of unbranched alkanes of at least 4 members (excludes halogenated alkanes) is 24. The van der Waals surface area contributed by atoms with Crippen LogP contribution in [0.1, 0.15) is 226 Å². The van der Waals surface area contributed by atoms with E-state index in [2.05, 4.69) is 45.1 Å². The van der Waals surface area contributed by atoms with Crippen LogP contribution < -0.4 is 0 Å². The van der Waals surface area contributed by atoms with Crippen LogP contribution in [0.5, 0.6) is 0 Å². The number of ether oxygens (including phenoxy) is 3. The second kappa shape index (κ2) is 47.5. The summed E-state index contributed by atoms with van der Waals surface area (Å²) in [6, 6.07) is 0. The lowest BCUT2D eigenvalue weighted by atomic mass is 10.0. The molecule has 0 bridgehead atoms. The summed E-state index contributed by atoms with van der Waals surface area (Å²) in [5, 5.41) is 0. The molecule has 338 valence electrons. The minimum Gasteiger partial charge on any atom is -0.462 e. The summed E-state index contributed by atoms with van der Waals surface area (Å²) >= 11 is 0. The van der Waals surface area contributed by atoms with Gasteiger partial charge in [-0.3, -0.25) is 14.4 Å². The molecule has 0 saturated carbocycles. The summed E-state index contributed by atoms with van der Waals surface area (Å²) in [6.45, 7) is 6.40. The van der Waals surface area contributed by atoms with E-state index in [1.807, 2.05) is 48.6 Å². The zero-order valence-corrected chi connectivity index (χ0v) is 38.5. The summed E-state index contributed by atoms with van der Waals surface area (Å²) in [5.74, 6) is -0.980. The monoisotopic (exact) mass is 823 g/mol. The van der Waals surface area contributed by atoms with Gasteiger partial charge in [0.15, 0.2) is 6.10 Å². The van der Waals surface area contributed by atoms with Gasteiger partial charge in [-0.05, 0) is 57.8 Å². The van der Waals surface area contributed by atoms with Gasteiger partial charge in [-0.2, -0.15) is 0 Å². The van der Waals surface area contributed by atoms with Crippen molar-refractivity contribution in [1.82, 2.24) is 0 Å². The molecule has 1 unspecified atom stereocenters. The summed E-state index contributed by atoms with van der Waals surface area (Å²) in [6.07, 6.45) is 59.0. The third-order valence-corrected chi connectivity index (χ3v) is 10.3. The molecule has 6 heteroatoms. The number of allylic oxidation sites excluding steroid dienone is 12. The molecule has 0 rings (SSSR count). The highest BCUT2D eigenvalue weighted by atomic mass is 16.6. The first-order valence-electron chi connectivity index (χ1n) is 24.5. The van der Waals surface area contributed by atoms with Gasteiger partial charge in [-0.25, -0.2) is 0 Å². The van der Waals surface area contributed by atoms with Crippen LogP contribution in [0.25, 0.3) is 0 Å². The lowest BCUT2D eigenvalue weighted by Gasteiger charge is -2.18. The number of hydrogen-bond acceptors (Lipinski definition) is 6. The summed E-state index contributed by atoms with van der Waals surface area (Å²) in [4.78, 5) is 37.8. The first-order valence-corrected chi connectivity index (χ1v) is 24.5. The van der Waals surface area contributed by atoms with Crippen LogP contribution in [0, 0.1) is 0 Å². The molecule has 0 fully saturated rings. The summed E-state index contributed by atoms with van der Waals surface area (Å²) in [7, 11) is 0. The fraction of sp³-hybridized carbons (Fsp3) is 0.717. The van der Waals surface area contributed by atoms with Crippen molar-refractivity contribution < 1.29 is 28.6 Å². The highest BCUT2D eigenvalue weighted by Crippen LogP contribution is 2.15. The molecule has 0 radical (unpaired) electrons. The van der Waals surface area contributed by atoms with Crippen molar-refractivity contribution in [3.63, 3.8) is 0 Å². The van der Waals surface area contributed by atoms with E-state index in [1.165, 1.54) is 116 Å². The molecule has 0 aliphatic rings. The Labute approximate surface area is 363 Å². The van der Waals surface area contributed by atoms with Crippen LogP contribution in [0.15, 0.2) is 72.9 Å². The third kappa shape index (κ3) is 45.8. The molecule has 59 heavy (non-hydrogen) atoms. The number of esters is 3. The van der Waals surface area contributed by atoms with Gasteiger partial charge in [-0.1, -0.05) is 222 Å². The average molecular weight is 823 g/mol. The second-order valence-corrected chi connectivity index (χ2v) is 16.1. The molecule has 0 aromatic heterocycles. The van der Waals surface area contributed by atoms with E-state index in [9.17, 15) is 14.4 Å². The highest BCUT2D eigenvalue weighted by molar-refractivity contribution is 5.71. The minimum absolute atomic E-state index is 0.0999. The number of rotatable bonds is 43. The predicted octanol–water partition coefficient (Wildman–Crippen LogP) is 15.9. The highest BCUT2D eigenvalue weighted by Gasteiger charge is 2.19. The molecule has 0 saturated heterocycles. The van der Waals surface area contributed by atoms with Gasteiger partial charge < -0.3 is 14.2 Å². The maximum atomic E-state index is 12.7. The molecule has 0 aliphatic carbocycles. The van der Waals surface area contributed by atoms with Gasteiger partial charge in [0.25, 0.3) is 0 Å². The standard InChI is InChI=1S/C53H90O6/c1-4-7-10-13-16-19-21-23-25-26-28-29-31-34-37-40-43-46-52(55)58-49-50(48-57-51(54)45-42-39-36-33-18-15-12-9-6-3)59-53(56)47-44-41-38-35-32-30-27-24-22-20-17-14-11-8-5-2/h8,11,14,17,20,22,24,27,30,32-33,36,50H,4-7,9-10,12-13,15-16,18-19,21,23,25-26,28-29,31,34-35,37-49H2,1-3H3/b11-8-,17-14-,22-20-,27-24-,32-30-,36-33-. The molecular weight excluding hydrogens is 733 g/mol. The molecule has 0 spiro atoms. The van der Waals surface area contributed by atoms with Crippen LogP contribution in [-0.2, 0) is 28.6 Å². The normalized spacial score (nSPS) is 12.7. The predicted molar refractivity (Wildman–Crippen MR) is 251 cm³/mol. The van der Waals surface area contributed by atoms with Crippen LogP contribution in [0.2, 0.25) is 0 Å². The van der Waals surface area contributed by atoms with Crippen molar-refractivity contribution in [3.8, 4) is 0 Å².